The van der Waals surface area contributed by atoms with E-state index in [9.17, 15) is 26.4 Å². The van der Waals surface area contributed by atoms with E-state index < -0.39 is 28.9 Å². The molecule has 0 saturated carbocycles. The van der Waals surface area contributed by atoms with Crippen molar-refractivity contribution in [2.24, 2.45) is 0 Å². The maximum Gasteiger partial charge on any atom is 0.402 e. The van der Waals surface area contributed by atoms with Crippen LogP contribution in [0.3, 0.4) is 0 Å². The molecule has 0 aromatic heterocycles. The van der Waals surface area contributed by atoms with Gasteiger partial charge in [0, 0.05) is 0 Å². The van der Waals surface area contributed by atoms with E-state index >= 15 is 0 Å². The molecular weight excluding hydrogens is 317 g/mol. The van der Waals surface area contributed by atoms with Gasteiger partial charge in [-0.3, -0.25) is 4.72 Å². The van der Waals surface area contributed by atoms with Crippen molar-refractivity contribution in [1.82, 2.24) is 4.72 Å². The first-order valence-electron chi connectivity index (χ1n) is 5.29. The number of carbonyl (C=O) groups is 1. The van der Waals surface area contributed by atoms with Gasteiger partial charge < -0.3 is 9.84 Å². The highest BCUT2D eigenvalue weighted by Gasteiger charge is 2.29. The average molecular weight is 328 g/mol. The second-order valence-corrected chi connectivity index (χ2v) is 5.26. The summed E-state index contributed by atoms with van der Waals surface area (Å²) in [5, 5.41) is 8.80. The first kappa shape index (κ1) is 17.0. The number of anilines is 1. The number of halogens is 3. The molecule has 0 unspecified atom stereocenters. The molecule has 0 saturated heterocycles. The lowest BCUT2D eigenvalue weighted by Gasteiger charge is -2.14. The van der Waals surface area contributed by atoms with Crippen LogP contribution in [0.4, 0.5) is 18.9 Å². The van der Waals surface area contributed by atoms with E-state index in [1.165, 1.54) is 17.9 Å². The number of rotatable bonds is 6. The van der Waals surface area contributed by atoms with Crippen LogP contribution in [-0.4, -0.2) is 39.3 Å². The Kier molecular flexibility index (Phi) is 5.01. The second-order valence-electron chi connectivity index (χ2n) is 3.76. The molecule has 0 aliphatic rings. The van der Waals surface area contributed by atoms with Crippen molar-refractivity contribution in [1.29, 1.82) is 0 Å². The zero-order valence-electron chi connectivity index (χ0n) is 10.6. The summed E-state index contributed by atoms with van der Waals surface area (Å²) in [6.45, 7) is -1.76. The van der Waals surface area contributed by atoms with Gasteiger partial charge in [0.15, 0.2) is 0 Å². The van der Waals surface area contributed by atoms with Crippen LogP contribution in [0.25, 0.3) is 0 Å². The third kappa shape index (κ3) is 5.47. The fourth-order valence-corrected chi connectivity index (χ4v) is 2.15. The van der Waals surface area contributed by atoms with E-state index in [-0.39, 0.29) is 17.0 Å². The standard InChI is InChI=1S/C10H11F3N2O5S/c1-20-8-3-2-6(9(16)17)4-7(8)15-21(18,19)14-5-10(11,12)13/h2-4,14-15H,5H2,1H3,(H,16,17). The highest BCUT2D eigenvalue weighted by atomic mass is 32.2. The van der Waals surface area contributed by atoms with E-state index in [4.69, 9.17) is 9.84 Å². The van der Waals surface area contributed by atoms with Crippen LogP contribution in [-0.2, 0) is 10.2 Å². The van der Waals surface area contributed by atoms with Crippen molar-refractivity contribution in [2.75, 3.05) is 18.4 Å². The molecule has 21 heavy (non-hydrogen) atoms. The summed E-state index contributed by atoms with van der Waals surface area (Å²) in [5.74, 6) is -1.38. The smallest absolute Gasteiger partial charge is 0.402 e. The number of carboxylic acids is 1. The largest absolute Gasteiger partial charge is 0.495 e. The fourth-order valence-electron chi connectivity index (χ4n) is 1.28. The third-order valence-electron chi connectivity index (χ3n) is 2.15. The zero-order chi connectivity index (χ0) is 16.3. The summed E-state index contributed by atoms with van der Waals surface area (Å²) >= 11 is 0. The summed E-state index contributed by atoms with van der Waals surface area (Å²) in [7, 11) is -3.34. The predicted octanol–water partition coefficient (Wildman–Crippen LogP) is 1.20. The molecule has 0 amide bonds. The van der Waals surface area contributed by atoms with E-state index in [1.54, 1.807) is 4.72 Å². The quantitative estimate of drug-likeness (QED) is 0.728. The summed E-state index contributed by atoms with van der Waals surface area (Å²) < 4.78 is 66.8. The number of carboxylic acid groups (broad SMARTS) is 1. The zero-order valence-corrected chi connectivity index (χ0v) is 11.4. The Hall–Kier alpha value is -2.01. The van der Waals surface area contributed by atoms with E-state index in [0.29, 0.717) is 0 Å². The number of ether oxygens (including phenoxy) is 1. The van der Waals surface area contributed by atoms with E-state index in [2.05, 4.69) is 0 Å². The van der Waals surface area contributed by atoms with Crippen LogP contribution in [0.2, 0.25) is 0 Å². The highest BCUT2D eigenvalue weighted by Crippen LogP contribution is 2.26. The van der Waals surface area contributed by atoms with Gasteiger partial charge in [0.1, 0.15) is 12.3 Å². The Labute approximate surface area is 117 Å². The number of aromatic carboxylic acids is 1. The Balaban J connectivity index is 3.00. The maximum absolute atomic E-state index is 12.0. The molecule has 7 nitrogen and oxygen atoms in total. The Bertz CT molecular complexity index is 630. The van der Waals surface area contributed by atoms with Crippen molar-refractivity contribution < 1.29 is 36.2 Å². The summed E-state index contributed by atoms with van der Waals surface area (Å²) in [6.07, 6.45) is -4.72. The van der Waals surface area contributed by atoms with Crippen LogP contribution >= 0.6 is 0 Å². The molecule has 0 radical (unpaired) electrons. The second kappa shape index (κ2) is 6.18. The maximum atomic E-state index is 12.0. The molecule has 118 valence electrons. The SMILES string of the molecule is COc1ccc(C(=O)O)cc1NS(=O)(=O)NCC(F)(F)F. The molecule has 0 aliphatic carbocycles. The fraction of sp³-hybridized carbons (Fsp3) is 0.300. The van der Waals surface area contributed by atoms with Crippen LogP contribution in [0.1, 0.15) is 10.4 Å². The van der Waals surface area contributed by atoms with Gasteiger partial charge in [0.25, 0.3) is 10.2 Å². The van der Waals surface area contributed by atoms with Crippen LogP contribution in [0, 0.1) is 0 Å². The number of alkyl halides is 3. The Morgan fingerprint density at radius 1 is 1.38 bits per heavy atom. The number of nitrogens with one attached hydrogen (secondary N) is 2. The lowest BCUT2D eigenvalue weighted by Crippen LogP contribution is -2.37. The average Bonchev–Trinajstić information content (AvgIpc) is 2.35. The minimum absolute atomic E-state index is 0.0441. The van der Waals surface area contributed by atoms with Crippen LogP contribution in [0.15, 0.2) is 18.2 Å². The minimum Gasteiger partial charge on any atom is -0.495 e. The summed E-state index contributed by atoms with van der Waals surface area (Å²) in [6, 6.07) is 3.25. The number of methoxy groups -OCH3 is 1. The van der Waals surface area contributed by atoms with Crippen molar-refractivity contribution in [3.63, 3.8) is 0 Å². The van der Waals surface area contributed by atoms with E-state index in [1.807, 2.05) is 0 Å². The van der Waals surface area contributed by atoms with Crippen molar-refractivity contribution in [2.45, 2.75) is 6.18 Å². The normalized spacial score (nSPS) is 12.0. The molecule has 0 atom stereocenters. The molecule has 0 bridgehead atoms. The van der Waals surface area contributed by atoms with Crippen molar-refractivity contribution in [3.8, 4) is 5.75 Å². The first-order chi connectivity index (χ1) is 9.54. The Morgan fingerprint density at radius 2 is 2.00 bits per heavy atom. The monoisotopic (exact) mass is 328 g/mol. The Morgan fingerprint density at radius 3 is 2.48 bits per heavy atom. The molecule has 1 aromatic rings. The van der Waals surface area contributed by atoms with Crippen molar-refractivity contribution in [3.05, 3.63) is 23.8 Å². The highest BCUT2D eigenvalue weighted by molar-refractivity contribution is 7.90. The van der Waals surface area contributed by atoms with Gasteiger partial charge >= 0.3 is 12.1 Å². The minimum atomic E-state index is -4.72. The van der Waals surface area contributed by atoms with Gasteiger partial charge in [0.05, 0.1) is 18.4 Å². The van der Waals surface area contributed by atoms with Gasteiger partial charge in [-0.1, -0.05) is 0 Å². The van der Waals surface area contributed by atoms with Crippen LogP contribution in [0.5, 0.6) is 5.75 Å². The molecular formula is C10H11F3N2O5S. The molecule has 0 spiro atoms. The number of benzene rings is 1. The molecule has 0 heterocycles. The lowest BCUT2D eigenvalue weighted by atomic mass is 10.2. The number of hydrogen-bond acceptors (Lipinski definition) is 4. The van der Waals surface area contributed by atoms with Gasteiger partial charge in [-0.2, -0.15) is 26.3 Å². The molecule has 1 aromatic carbocycles. The molecule has 3 N–H and O–H groups in total. The van der Waals surface area contributed by atoms with E-state index in [0.717, 1.165) is 12.1 Å². The summed E-state index contributed by atoms with van der Waals surface area (Å²) in [5.41, 5.74) is -0.559. The molecule has 11 heteroatoms. The van der Waals surface area contributed by atoms with Crippen molar-refractivity contribution >= 4 is 21.9 Å². The topological polar surface area (TPSA) is 105 Å². The number of hydrogen-bond donors (Lipinski definition) is 3. The van der Waals surface area contributed by atoms with Crippen LogP contribution < -0.4 is 14.2 Å². The lowest BCUT2D eigenvalue weighted by molar-refractivity contribution is -0.121. The van der Waals surface area contributed by atoms with Gasteiger partial charge in [-0.25, -0.2) is 4.79 Å². The van der Waals surface area contributed by atoms with Gasteiger partial charge in [0.2, 0.25) is 0 Å². The summed E-state index contributed by atoms with van der Waals surface area (Å²) in [4.78, 5) is 10.8. The van der Waals surface area contributed by atoms with Gasteiger partial charge in [-0.15, -0.1) is 0 Å². The van der Waals surface area contributed by atoms with Gasteiger partial charge in [-0.05, 0) is 18.2 Å². The molecule has 1 rings (SSSR count). The predicted molar refractivity (Wildman–Crippen MR) is 66.6 cm³/mol. The molecule has 0 aliphatic heterocycles. The first-order valence-corrected chi connectivity index (χ1v) is 6.78. The molecule has 0 fully saturated rings. The third-order valence-corrected chi connectivity index (χ3v) is 3.17.